The van der Waals surface area contributed by atoms with Gasteiger partial charge in [-0.2, -0.15) is 0 Å². The number of nitrogens with zero attached hydrogens (tertiary/aromatic N) is 1. The number of urea groups is 1. The highest BCUT2D eigenvalue weighted by molar-refractivity contribution is 5.89. The summed E-state index contributed by atoms with van der Waals surface area (Å²) in [6, 6.07) is 5.46. The Bertz CT molecular complexity index is 470. The predicted molar refractivity (Wildman–Crippen MR) is 71.9 cm³/mol. The average Bonchev–Trinajstić information content (AvgIpc) is 2.48. The Hall–Kier alpha value is -1.91. The van der Waals surface area contributed by atoms with Crippen molar-refractivity contribution in [1.82, 2.24) is 4.90 Å². The number of benzene rings is 1. The summed E-state index contributed by atoms with van der Waals surface area (Å²) in [5.41, 5.74) is 0.750. The standard InChI is InChI=1S/C14H18N2O3/c17-14(16-6-2-1-3-7-16)15-11-4-5-12-13(10-11)19-9-8-18-12/h4-5,10H,1-3,6-9H2,(H,15,17). The molecule has 0 unspecified atom stereocenters. The van der Waals surface area contributed by atoms with Crippen LogP contribution in [-0.4, -0.2) is 37.2 Å². The number of ether oxygens (including phenoxy) is 2. The fraction of sp³-hybridized carbons (Fsp3) is 0.500. The molecule has 2 heterocycles. The SMILES string of the molecule is O=C(Nc1ccc2c(c1)OCCO2)N1CCCCC1. The Morgan fingerprint density at radius 3 is 2.58 bits per heavy atom. The Labute approximate surface area is 112 Å². The third-order valence-corrected chi connectivity index (χ3v) is 3.44. The molecular formula is C14H18N2O3. The van der Waals surface area contributed by atoms with Crippen LogP contribution in [0, 0.1) is 0 Å². The number of likely N-dealkylation sites (tertiary alicyclic amines) is 1. The molecule has 0 saturated carbocycles. The molecule has 19 heavy (non-hydrogen) atoms. The Kier molecular flexibility index (Phi) is 3.44. The van der Waals surface area contributed by atoms with E-state index in [-0.39, 0.29) is 6.03 Å². The summed E-state index contributed by atoms with van der Waals surface area (Å²) < 4.78 is 11.0. The third kappa shape index (κ3) is 2.75. The van der Waals surface area contributed by atoms with Crippen LogP contribution in [0.4, 0.5) is 10.5 Å². The molecule has 3 rings (SSSR count). The molecule has 1 aromatic carbocycles. The number of rotatable bonds is 1. The van der Waals surface area contributed by atoms with E-state index in [1.165, 1.54) is 6.42 Å². The first kappa shape index (κ1) is 12.1. The summed E-state index contributed by atoms with van der Waals surface area (Å²) in [6.45, 7) is 2.82. The van der Waals surface area contributed by atoms with Gasteiger partial charge in [0.2, 0.25) is 0 Å². The number of hydrogen-bond donors (Lipinski definition) is 1. The lowest BCUT2D eigenvalue weighted by Gasteiger charge is -2.27. The van der Waals surface area contributed by atoms with Crippen molar-refractivity contribution in [1.29, 1.82) is 0 Å². The molecule has 0 atom stereocenters. The van der Waals surface area contributed by atoms with Crippen molar-refractivity contribution in [2.24, 2.45) is 0 Å². The molecule has 0 bridgehead atoms. The van der Waals surface area contributed by atoms with Crippen molar-refractivity contribution >= 4 is 11.7 Å². The van der Waals surface area contributed by atoms with E-state index in [9.17, 15) is 4.79 Å². The Morgan fingerprint density at radius 2 is 1.79 bits per heavy atom. The number of hydrogen-bond acceptors (Lipinski definition) is 3. The quantitative estimate of drug-likeness (QED) is 0.846. The van der Waals surface area contributed by atoms with E-state index in [4.69, 9.17) is 9.47 Å². The second kappa shape index (κ2) is 5.38. The molecule has 102 valence electrons. The van der Waals surface area contributed by atoms with Crippen LogP contribution in [0.25, 0.3) is 0 Å². The number of piperidine rings is 1. The maximum Gasteiger partial charge on any atom is 0.321 e. The van der Waals surface area contributed by atoms with Crippen LogP contribution in [0.3, 0.4) is 0 Å². The van der Waals surface area contributed by atoms with E-state index in [0.717, 1.165) is 37.4 Å². The van der Waals surface area contributed by atoms with Crippen molar-refractivity contribution in [2.45, 2.75) is 19.3 Å². The fourth-order valence-electron chi connectivity index (χ4n) is 2.42. The summed E-state index contributed by atoms with van der Waals surface area (Å²) in [7, 11) is 0. The zero-order chi connectivity index (χ0) is 13.1. The van der Waals surface area contributed by atoms with Crippen molar-refractivity contribution in [3.05, 3.63) is 18.2 Å². The lowest BCUT2D eigenvalue weighted by atomic mass is 10.1. The maximum atomic E-state index is 12.1. The molecule has 0 aliphatic carbocycles. The van der Waals surface area contributed by atoms with E-state index in [2.05, 4.69) is 5.32 Å². The molecule has 0 radical (unpaired) electrons. The number of carbonyl (C=O) groups excluding carboxylic acids is 1. The Morgan fingerprint density at radius 1 is 1.05 bits per heavy atom. The maximum absolute atomic E-state index is 12.1. The van der Waals surface area contributed by atoms with Gasteiger partial charge in [-0.1, -0.05) is 0 Å². The minimum absolute atomic E-state index is 0.0311. The van der Waals surface area contributed by atoms with E-state index >= 15 is 0 Å². The summed E-state index contributed by atoms with van der Waals surface area (Å²) in [5, 5.41) is 2.91. The molecule has 2 aliphatic heterocycles. The third-order valence-electron chi connectivity index (χ3n) is 3.44. The molecule has 2 aliphatic rings. The van der Waals surface area contributed by atoms with Gasteiger partial charge in [0.15, 0.2) is 11.5 Å². The number of anilines is 1. The minimum Gasteiger partial charge on any atom is -0.486 e. The first-order chi connectivity index (χ1) is 9.33. The molecule has 5 heteroatoms. The van der Waals surface area contributed by atoms with Gasteiger partial charge >= 0.3 is 6.03 Å². The van der Waals surface area contributed by atoms with Crippen LogP contribution in [0.15, 0.2) is 18.2 Å². The first-order valence-electron chi connectivity index (χ1n) is 6.78. The normalized spacial score (nSPS) is 18.0. The smallest absolute Gasteiger partial charge is 0.321 e. The van der Waals surface area contributed by atoms with E-state index < -0.39 is 0 Å². The van der Waals surface area contributed by atoms with Crippen LogP contribution in [0.1, 0.15) is 19.3 Å². The monoisotopic (exact) mass is 262 g/mol. The van der Waals surface area contributed by atoms with Crippen LogP contribution in [-0.2, 0) is 0 Å². The molecule has 0 aromatic heterocycles. The largest absolute Gasteiger partial charge is 0.486 e. The molecular weight excluding hydrogens is 244 g/mol. The zero-order valence-corrected chi connectivity index (χ0v) is 10.9. The second-order valence-corrected chi connectivity index (χ2v) is 4.84. The number of amides is 2. The highest BCUT2D eigenvalue weighted by Crippen LogP contribution is 2.32. The van der Waals surface area contributed by atoms with Crippen LogP contribution in [0.2, 0.25) is 0 Å². The molecule has 1 aromatic rings. The van der Waals surface area contributed by atoms with Gasteiger partial charge in [0.05, 0.1) is 0 Å². The van der Waals surface area contributed by atoms with Crippen molar-refractivity contribution in [3.63, 3.8) is 0 Å². The number of nitrogens with one attached hydrogen (secondary N) is 1. The van der Waals surface area contributed by atoms with E-state index in [1.54, 1.807) is 0 Å². The van der Waals surface area contributed by atoms with E-state index in [1.807, 2.05) is 23.1 Å². The van der Waals surface area contributed by atoms with E-state index in [0.29, 0.717) is 19.0 Å². The molecule has 5 nitrogen and oxygen atoms in total. The van der Waals surface area contributed by atoms with Gasteiger partial charge in [0.25, 0.3) is 0 Å². The first-order valence-corrected chi connectivity index (χ1v) is 6.78. The molecule has 1 N–H and O–H groups in total. The molecule has 1 fully saturated rings. The lowest BCUT2D eigenvalue weighted by molar-refractivity contribution is 0.171. The van der Waals surface area contributed by atoms with Gasteiger partial charge in [-0.15, -0.1) is 0 Å². The number of carbonyl (C=O) groups is 1. The van der Waals surface area contributed by atoms with Crippen molar-refractivity contribution in [3.8, 4) is 11.5 Å². The van der Waals surface area contributed by atoms with Gasteiger partial charge < -0.3 is 19.7 Å². The van der Waals surface area contributed by atoms with Crippen LogP contribution >= 0.6 is 0 Å². The second-order valence-electron chi connectivity index (χ2n) is 4.84. The van der Waals surface area contributed by atoms with Gasteiger partial charge in [-0.3, -0.25) is 0 Å². The summed E-state index contributed by atoms with van der Waals surface area (Å²) >= 11 is 0. The zero-order valence-electron chi connectivity index (χ0n) is 10.9. The van der Waals surface area contributed by atoms with Crippen molar-refractivity contribution in [2.75, 3.05) is 31.6 Å². The molecule has 2 amide bonds. The van der Waals surface area contributed by atoms with Gasteiger partial charge in [0.1, 0.15) is 13.2 Å². The molecule has 0 spiro atoms. The average molecular weight is 262 g/mol. The predicted octanol–water partition coefficient (Wildman–Crippen LogP) is 2.48. The van der Waals surface area contributed by atoms with Crippen LogP contribution < -0.4 is 14.8 Å². The highest BCUT2D eigenvalue weighted by atomic mass is 16.6. The topological polar surface area (TPSA) is 50.8 Å². The highest BCUT2D eigenvalue weighted by Gasteiger charge is 2.17. The summed E-state index contributed by atoms with van der Waals surface area (Å²) in [5.74, 6) is 1.44. The molecule has 1 saturated heterocycles. The number of fused-ring (bicyclic) bond motifs is 1. The fourth-order valence-corrected chi connectivity index (χ4v) is 2.42. The summed E-state index contributed by atoms with van der Waals surface area (Å²) in [4.78, 5) is 13.9. The van der Waals surface area contributed by atoms with Crippen molar-refractivity contribution < 1.29 is 14.3 Å². The Balaban J connectivity index is 1.67. The van der Waals surface area contributed by atoms with Crippen LogP contribution in [0.5, 0.6) is 11.5 Å². The summed E-state index contributed by atoms with van der Waals surface area (Å²) in [6.07, 6.45) is 3.40. The van der Waals surface area contributed by atoms with Gasteiger partial charge in [0, 0.05) is 24.8 Å². The van der Waals surface area contributed by atoms with Gasteiger partial charge in [-0.25, -0.2) is 4.79 Å². The lowest BCUT2D eigenvalue weighted by Crippen LogP contribution is -2.38. The van der Waals surface area contributed by atoms with Gasteiger partial charge in [-0.05, 0) is 31.4 Å². The minimum atomic E-state index is -0.0311.